The Kier molecular flexibility index (Phi) is 7.75. The van der Waals surface area contributed by atoms with Gasteiger partial charge in [-0.05, 0) is 49.1 Å². The van der Waals surface area contributed by atoms with Gasteiger partial charge in [-0.2, -0.15) is 4.31 Å². The lowest BCUT2D eigenvalue weighted by molar-refractivity contribution is -0.121. The van der Waals surface area contributed by atoms with E-state index in [9.17, 15) is 13.2 Å². The van der Waals surface area contributed by atoms with E-state index in [-0.39, 0.29) is 16.8 Å². The van der Waals surface area contributed by atoms with Gasteiger partial charge in [-0.3, -0.25) is 9.69 Å². The first-order valence-corrected chi connectivity index (χ1v) is 12.5. The van der Waals surface area contributed by atoms with Crippen molar-refractivity contribution in [1.82, 2.24) is 9.21 Å². The zero-order chi connectivity index (χ0) is 22.6. The molecule has 0 bridgehead atoms. The van der Waals surface area contributed by atoms with E-state index in [1.54, 1.807) is 18.2 Å². The molecule has 1 saturated heterocycles. The minimum atomic E-state index is -3.60. The zero-order valence-corrected chi connectivity index (χ0v) is 19.8. The van der Waals surface area contributed by atoms with Gasteiger partial charge in [0.25, 0.3) is 0 Å². The molecule has 8 heteroatoms. The molecule has 2 unspecified atom stereocenters. The largest absolute Gasteiger partial charge is 0.324 e. The van der Waals surface area contributed by atoms with Crippen molar-refractivity contribution in [3.8, 4) is 0 Å². The summed E-state index contributed by atoms with van der Waals surface area (Å²) in [6, 6.07) is 13.8. The van der Waals surface area contributed by atoms with E-state index in [1.165, 1.54) is 10.4 Å². The van der Waals surface area contributed by atoms with Crippen molar-refractivity contribution in [3.05, 3.63) is 59.1 Å². The van der Waals surface area contributed by atoms with Gasteiger partial charge in [-0.1, -0.05) is 49.7 Å². The fourth-order valence-corrected chi connectivity index (χ4v) is 5.49. The Hall–Kier alpha value is -1.93. The minimum absolute atomic E-state index is 0.0816. The van der Waals surface area contributed by atoms with Crippen LogP contribution in [0.5, 0.6) is 0 Å². The van der Waals surface area contributed by atoms with Crippen LogP contribution in [0.15, 0.2) is 53.4 Å². The third kappa shape index (κ3) is 5.47. The van der Waals surface area contributed by atoms with Gasteiger partial charge in [0.1, 0.15) is 0 Å². The first-order valence-electron chi connectivity index (χ1n) is 10.6. The summed E-state index contributed by atoms with van der Waals surface area (Å²) in [6.07, 6.45) is 0.992. The Balaban J connectivity index is 1.63. The number of hydrogen-bond donors (Lipinski definition) is 1. The third-order valence-corrected chi connectivity index (χ3v) is 8.13. The number of halogens is 1. The van der Waals surface area contributed by atoms with Gasteiger partial charge in [0.2, 0.25) is 15.9 Å². The summed E-state index contributed by atoms with van der Waals surface area (Å²) in [5, 5.41) is 3.46. The molecule has 2 atom stereocenters. The van der Waals surface area contributed by atoms with Gasteiger partial charge in [-0.25, -0.2) is 8.42 Å². The molecule has 0 saturated carbocycles. The summed E-state index contributed by atoms with van der Waals surface area (Å²) >= 11 is 5.96. The molecule has 31 heavy (non-hydrogen) atoms. The second-order valence-corrected chi connectivity index (χ2v) is 10.3. The molecule has 1 N–H and O–H groups in total. The van der Waals surface area contributed by atoms with Crippen LogP contribution in [-0.2, 0) is 14.8 Å². The number of carbonyl (C=O) groups excluding carboxylic acids is 1. The van der Waals surface area contributed by atoms with Gasteiger partial charge in [0.05, 0.1) is 10.9 Å². The number of rotatable bonds is 7. The fourth-order valence-electron chi connectivity index (χ4n) is 3.77. The molecule has 1 fully saturated rings. The molecule has 3 rings (SSSR count). The summed E-state index contributed by atoms with van der Waals surface area (Å²) in [5.74, 6) is 0.272. The predicted octanol–water partition coefficient (Wildman–Crippen LogP) is 4.19. The van der Waals surface area contributed by atoms with E-state index < -0.39 is 10.0 Å². The van der Waals surface area contributed by atoms with Crippen LogP contribution in [-0.4, -0.2) is 55.8 Å². The Morgan fingerprint density at radius 1 is 1.06 bits per heavy atom. The average molecular weight is 464 g/mol. The molecule has 1 amide bonds. The SMILES string of the molecule is CCC(C)c1ccccc1NC(=O)C(C)N1CCN(S(=O)(=O)c2cccc(Cl)c2)CC1. The number of hydrogen-bond acceptors (Lipinski definition) is 4. The molecule has 0 spiro atoms. The van der Waals surface area contributed by atoms with Crippen molar-refractivity contribution >= 4 is 33.2 Å². The molecule has 6 nitrogen and oxygen atoms in total. The van der Waals surface area contributed by atoms with Gasteiger partial charge >= 0.3 is 0 Å². The van der Waals surface area contributed by atoms with Crippen molar-refractivity contribution in [3.63, 3.8) is 0 Å². The van der Waals surface area contributed by atoms with Crippen molar-refractivity contribution in [2.24, 2.45) is 0 Å². The van der Waals surface area contributed by atoms with Crippen molar-refractivity contribution in [2.75, 3.05) is 31.5 Å². The second kappa shape index (κ2) is 10.1. The Morgan fingerprint density at radius 2 is 1.74 bits per heavy atom. The summed E-state index contributed by atoms with van der Waals surface area (Å²) < 4.78 is 27.2. The summed E-state index contributed by atoms with van der Waals surface area (Å²) in [7, 11) is -3.60. The minimum Gasteiger partial charge on any atom is -0.324 e. The number of sulfonamides is 1. The Bertz CT molecular complexity index is 1020. The Morgan fingerprint density at radius 3 is 2.39 bits per heavy atom. The number of nitrogens with zero attached hydrogens (tertiary/aromatic N) is 2. The van der Waals surface area contributed by atoms with Crippen LogP contribution < -0.4 is 5.32 Å². The highest BCUT2D eigenvalue weighted by molar-refractivity contribution is 7.89. The maximum absolute atomic E-state index is 12.9. The lowest BCUT2D eigenvalue weighted by atomic mass is 9.97. The second-order valence-electron chi connectivity index (χ2n) is 7.96. The van der Waals surface area contributed by atoms with E-state index in [4.69, 9.17) is 11.6 Å². The van der Waals surface area contributed by atoms with Crippen LogP contribution in [0.3, 0.4) is 0 Å². The van der Waals surface area contributed by atoms with Gasteiger partial charge < -0.3 is 5.32 Å². The molecule has 1 heterocycles. The maximum Gasteiger partial charge on any atom is 0.243 e. The summed E-state index contributed by atoms with van der Waals surface area (Å²) in [5.41, 5.74) is 1.97. The van der Waals surface area contributed by atoms with Crippen LogP contribution in [0.4, 0.5) is 5.69 Å². The third-order valence-electron chi connectivity index (χ3n) is 6.00. The molecule has 0 aromatic heterocycles. The number of piperazine rings is 1. The molecular weight excluding hydrogens is 434 g/mol. The highest BCUT2D eigenvalue weighted by Crippen LogP contribution is 2.27. The number of nitrogens with one attached hydrogen (secondary N) is 1. The van der Waals surface area contributed by atoms with E-state index >= 15 is 0 Å². The maximum atomic E-state index is 12.9. The molecular formula is C23H30ClN3O3S. The van der Waals surface area contributed by atoms with Crippen LogP contribution in [0.25, 0.3) is 0 Å². The smallest absolute Gasteiger partial charge is 0.243 e. The number of benzene rings is 2. The lowest BCUT2D eigenvalue weighted by Gasteiger charge is -2.36. The van der Waals surface area contributed by atoms with E-state index in [1.807, 2.05) is 36.1 Å². The van der Waals surface area contributed by atoms with Gasteiger partial charge in [0.15, 0.2) is 0 Å². The van der Waals surface area contributed by atoms with Crippen LogP contribution in [0, 0.1) is 0 Å². The number of carbonyl (C=O) groups is 1. The molecule has 168 valence electrons. The number of amides is 1. The van der Waals surface area contributed by atoms with E-state index in [2.05, 4.69) is 19.2 Å². The normalized spacial score (nSPS) is 17.8. The molecule has 0 radical (unpaired) electrons. The highest BCUT2D eigenvalue weighted by atomic mass is 35.5. The van der Waals surface area contributed by atoms with Gasteiger partial charge in [-0.15, -0.1) is 0 Å². The van der Waals surface area contributed by atoms with Crippen LogP contribution >= 0.6 is 11.6 Å². The molecule has 2 aromatic carbocycles. The number of para-hydroxylation sites is 1. The predicted molar refractivity (Wildman–Crippen MR) is 125 cm³/mol. The van der Waals surface area contributed by atoms with Crippen LogP contribution in [0.2, 0.25) is 5.02 Å². The highest BCUT2D eigenvalue weighted by Gasteiger charge is 2.32. The lowest BCUT2D eigenvalue weighted by Crippen LogP contribution is -2.53. The molecule has 1 aliphatic rings. The van der Waals surface area contributed by atoms with Crippen molar-refractivity contribution in [1.29, 1.82) is 0 Å². The summed E-state index contributed by atoms with van der Waals surface area (Å²) in [4.78, 5) is 15.1. The zero-order valence-electron chi connectivity index (χ0n) is 18.2. The van der Waals surface area contributed by atoms with E-state index in [0.717, 1.165) is 17.7 Å². The molecule has 1 aliphatic heterocycles. The number of anilines is 1. The van der Waals surface area contributed by atoms with E-state index in [0.29, 0.717) is 37.1 Å². The standard InChI is InChI=1S/C23H30ClN3O3S/c1-4-17(2)21-10-5-6-11-22(21)25-23(28)18(3)26-12-14-27(15-13-26)31(29,30)20-9-7-8-19(24)16-20/h5-11,16-18H,4,12-15H2,1-3H3,(H,25,28). The Labute approximate surface area is 190 Å². The van der Waals surface area contributed by atoms with Gasteiger partial charge in [0, 0.05) is 36.9 Å². The molecule has 2 aromatic rings. The first kappa shape index (κ1) is 23.7. The van der Waals surface area contributed by atoms with Crippen LogP contribution in [0.1, 0.15) is 38.7 Å². The average Bonchev–Trinajstić information content (AvgIpc) is 2.78. The topological polar surface area (TPSA) is 69.7 Å². The van der Waals surface area contributed by atoms with Crippen molar-refractivity contribution in [2.45, 2.75) is 44.0 Å². The fraction of sp³-hybridized carbons (Fsp3) is 0.435. The molecule has 0 aliphatic carbocycles. The summed E-state index contributed by atoms with van der Waals surface area (Å²) in [6.45, 7) is 7.77. The monoisotopic (exact) mass is 463 g/mol. The first-order chi connectivity index (χ1) is 14.7. The quantitative estimate of drug-likeness (QED) is 0.668. The van der Waals surface area contributed by atoms with Crippen molar-refractivity contribution < 1.29 is 13.2 Å².